The molecule has 1 saturated heterocycles. The summed E-state index contributed by atoms with van der Waals surface area (Å²) in [5, 5.41) is 13.6. The van der Waals surface area contributed by atoms with E-state index in [0.717, 1.165) is 5.52 Å². The van der Waals surface area contributed by atoms with Crippen molar-refractivity contribution in [2.75, 3.05) is 23.3 Å². The number of aromatic nitrogens is 4. The Labute approximate surface area is 207 Å². The van der Waals surface area contributed by atoms with Gasteiger partial charge in [0.05, 0.1) is 22.8 Å². The van der Waals surface area contributed by atoms with E-state index < -0.39 is 17.4 Å². The molecule has 0 radical (unpaired) electrons. The predicted octanol–water partition coefficient (Wildman–Crippen LogP) is 4.56. The van der Waals surface area contributed by atoms with E-state index in [9.17, 15) is 18.7 Å². The molecule has 0 bridgehead atoms. The van der Waals surface area contributed by atoms with E-state index in [1.165, 1.54) is 6.20 Å². The van der Waals surface area contributed by atoms with Crippen molar-refractivity contribution in [3.05, 3.63) is 39.9 Å². The second-order valence-electron chi connectivity index (χ2n) is 9.94. The van der Waals surface area contributed by atoms with Gasteiger partial charge in [0.25, 0.3) is 5.92 Å². The van der Waals surface area contributed by atoms with E-state index in [-0.39, 0.29) is 23.7 Å². The summed E-state index contributed by atoms with van der Waals surface area (Å²) >= 11 is 6.35. The topological polar surface area (TPSA) is 88.2 Å². The second-order valence-corrected chi connectivity index (χ2v) is 10.3. The molecule has 0 amide bonds. The molecule has 1 fully saturated rings. The molecule has 8 nitrogen and oxygen atoms in total. The molecule has 1 aliphatic rings. The Morgan fingerprint density at radius 1 is 1.29 bits per heavy atom. The van der Waals surface area contributed by atoms with Crippen LogP contribution in [0.15, 0.2) is 29.2 Å². The number of anilines is 3. The van der Waals surface area contributed by atoms with E-state index in [1.807, 2.05) is 18.2 Å². The van der Waals surface area contributed by atoms with Crippen molar-refractivity contribution < 1.29 is 13.9 Å². The third-order valence-corrected chi connectivity index (χ3v) is 6.91. The number of alkyl halides is 2. The average molecular weight is 509 g/mol. The molecule has 2 aromatic heterocycles. The lowest BCUT2D eigenvalue weighted by Crippen LogP contribution is -2.28. The minimum atomic E-state index is -2.71. The summed E-state index contributed by atoms with van der Waals surface area (Å²) in [5.74, 6) is -2.73. The molecular formula is C24H31ClF2N6O2. The number of fused-ring (bicyclic) bond motifs is 1. The summed E-state index contributed by atoms with van der Waals surface area (Å²) < 4.78 is 31.5. The molecule has 0 saturated carbocycles. The van der Waals surface area contributed by atoms with Gasteiger partial charge in [0.2, 0.25) is 5.95 Å². The Morgan fingerprint density at radius 2 is 2.03 bits per heavy atom. The quantitative estimate of drug-likeness (QED) is 0.507. The molecule has 3 heterocycles. The molecule has 4 rings (SSSR count). The molecule has 1 unspecified atom stereocenters. The van der Waals surface area contributed by atoms with Crippen LogP contribution < -0.4 is 15.9 Å². The number of nitrogens with zero attached hydrogens (tertiary/aromatic N) is 5. The Kier molecular flexibility index (Phi) is 6.80. The molecule has 2 N–H and O–H groups in total. The molecule has 3 aromatic rings. The zero-order chi connectivity index (χ0) is 25.5. The number of aryl methyl sites for hydroxylation is 2. The van der Waals surface area contributed by atoms with Crippen LogP contribution in [0.3, 0.4) is 0 Å². The third kappa shape index (κ3) is 5.43. The normalized spacial score (nSPS) is 18.6. The SMILES string of the molecule is CC1CCN(c2ncc(Cl)c(Nc3ccc4c(c3)n(CCC(C)(C)O)c(=O)n4C)n2)CCC1(F)F. The van der Waals surface area contributed by atoms with Crippen LogP contribution >= 0.6 is 11.6 Å². The first-order valence-electron chi connectivity index (χ1n) is 11.7. The van der Waals surface area contributed by atoms with Crippen molar-refractivity contribution in [1.82, 2.24) is 19.1 Å². The van der Waals surface area contributed by atoms with Crippen LogP contribution in [0, 0.1) is 5.92 Å². The highest BCUT2D eigenvalue weighted by atomic mass is 35.5. The number of halogens is 3. The largest absolute Gasteiger partial charge is 0.390 e. The van der Waals surface area contributed by atoms with Crippen molar-refractivity contribution >= 4 is 40.1 Å². The first kappa shape index (κ1) is 25.4. The number of imidazole rings is 1. The van der Waals surface area contributed by atoms with Crippen LogP contribution in [0.2, 0.25) is 5.02 Å². The lowest BCUT2D eigenvalue weighted by atomic mass is 9.99. The Hall–Kier alpha value is -2.72. The zero-order valence-corrected chi connectivity index (χ0v) is 21.1. The van der Waals surface area contributed by atoms with Gasteiger partial charge in [0, 0.05) is 44.7 Å². The monoisotopic (exact) mass is 508 g/mol. The summed E-state index contributed by atoms with van der Waals surface area (Å²) in [6.45, 7) is 5.93. The van der Waals surface area contributed by atoms with Crippen LogP contribution in [-0.2, 0) is 13.6 Å². The molecule has 35 heavy (non-hydrogen) atoms. The van der Waals surface area contributed by atoms with E-state index in [1.54, 1.807) is 41.9 Å². The van der Waals surface area contributed by atoms with Gasteiger partial charge in [0.1, 0.15) is 5.02 Å². The van der Waals surface area contributed by atoms with E-state index in [0.29, 0.717) is 48.9 Å². The molecule has 1 aliphatic heterocycles. The maximum Gasteiger partial charge on any atom is 0.328 e. The van der Waals surface area contributed by atoms with Gasteiger partial charge in [-0.25, -0.2) is 18.6 Å². The molecule has 11 heteroatoms. The number of rotatable bonds is 6. The van der Waals surface area contributed by atoms with Gasteiger partial charge < -0.3 is 15.3 Å². The van der Waals surface area contributed by atoms with E-state index in [2.05, 4.69) is 15.3 Å². The molecule has 190 valence electrons. The molecule has 1 aromatic carbocycles. The number of benzene rings is 1. The summed E-state index contributed by atoms with van der Waals surface area (Å²) in [4.78, 5) is 23.3. The van der Waals surface area contributed by atoms with Crippen molar-refractivity contribution in [3.63, 3.8) is 0 Å². The highest BCUT2D eigenvalue weighted by Crippen LogP contribution is 2.35. The van der Waals surface area contributed by atoms with Gasteiger partial charge in [-0.05, 0) is 44.9 Å². The van der Waals surface area contributed by atoms with E-state index >= 15 is 0 Å². The van der Waals surface area contributed by atoms with Crippen molar-refractivity contribution in [3.8, 4) is 0 Å². The first-order chi connectivity index (χ1) is 16.4. The first-order valence-corrected chi connectivity index (χ1v) is 12.1. The molecule has 0 spiro atoms. The fraction of sp³-hybridized carbons (Fsp3) is 0.542. The van der Waals surface area contributed by atoms with Gasteiger partial charge >= 0.3 is 5.69 Å². The van der Waals surface area contributed by atoms with Gasteiger partial charge in [-0.15, -0.1) is 0 Å². The van der Waals surface area contributed by atoms with Crippen LogP contribution in [0.4, 0.5) is 26.2 Å². The van der Waals surface area contributed by atoms with Gasteiger partial charge in [-0.3, -0.25) is 9.13 Å². The van der Waals surface area contributed by atoms with Crippen LogP contribution in [0.1, 0.15) is 40.0 Å². The number of hydrogen-bond donors (Lipinski definition) is 2. The number of nitrogens with one attached hydrogen (secondary N) is 1. The lowest BCUT2D eigenvalue weighted by molar-refractivity contribution is -0.0532. The molecule has 1 atom stereocenters. The van der Waals surface area contributed by atoms with Gasteiger partial charge in [-0.1, -0.05) is 18.5 Å². The Bertz CT molecular complexity index is 1280. The van der Waals surface area contributed by atoms with Gasteiger partial charge in [-0.2, -0.15) is 4.98 Å². The maximum absolute atomic E-state index is 14.1. The Morgan fingerprint density at radius 3 is 2.74 bits per heavy atom. The third-order valence-electron chi connectivity index (χ3n) is 6.64. The van der Waals surface area contributed by atoms with Crippen molar-refractivity contribution in [2.45, 2.75) is 58.1 Å². The van der Waals surface area contributed by atoms with Gasteiger partial charge in [0.15, 0.2) is 5.82 Å². The lowest BCUT2D eigenvalue weighted by Gasteiger charge is -2.21. The number of hydrogen-bond acceptors (Lipinski definition) is 6. The smallest absolute Gasteiger partial charge is 0.328 e. The summed E-state index contributed by atoms with van der Waals surface area (Å²) in [7, 11) is 1.71. The van der Waals surface area contributed by atoms with Crippen molar-refractivity contribution in [1.29, 1.82) is 0 Å². The Balaban J connectivity index is 1.62. The summed E-state index contributed by atoms with van der Waals surface area (Å²) in [5.41, 5.74) is 1.04. The summed E-state index contributed by atoms with van der Waals surface area (Å²) in [6.07, 6.45) is 1.96. The minimum absolute atomic E-state index is 0.155. The number of aliphatic hydroxyl groups is 1. The highest BCUT2D eigenvalue weighted by molar-refractivity contribution is 6.32. The standard InChI is InChI=1S/C24H31ClF2N6O2/c1-15-7-10-32(11-9-24(15,26)27)21-28-14-17(25)20(30-21)29-16-5-6-18-19(13-16)33(22(34)31(18)4)12-8-23(2,3)35/h5-6,13-15,35H,7-12H2,1-4H3,(H,28,29,30). The van der Waals surface area contributed by atoms with Crippen molar-refractivity contribution in [2.24, 2.45) is 13.0 Å². The molecular weight excluding hydrogens is 478 g/mol. The minimum Gasteiger partial charge on any atom is -0.390 e. The highest BCUT2D eigenvalue weighted by Gasteiger charge is 2.39. The molecule has 0 aliphatic carbocycles. The fourth-order valence-corrected chi connectivity index (χ4v) is 4.37. The fourth-order valence-electron chi connectivity index (χ4n) is 4.23. The van der Waals surface area contributed by atoms with Crippen LogP contribution in [0.5, 0.6) is 0 Å². The summed E-state index contributed by atoms with van der Waals surface area (Å²) in [6, 6.07) is 5.47. The van der Waals surface area contributed by atoms with Crippen LogP contribution in [0.25, 0.3) is 11.0 Å². The second kappa shape index (κ2) is 9.39. The zero-order valence-electron chi connectivity index (χ0n) is 20.4. The van der Waals surface area contributed by atoms with E-state index in [4.69, 9.17) is 11.6 Å². The predicted molar refractivity (Wildman–Crippen MR) is 134 cm³/mol. The average Bonchev–Trinajstić information content (AvgIpc) is 2.92. The maximum atomic E-state index is 14.1. The van der Waals surface area contributed by atoms with Crippen LogP contribution in [-0.4, -0.2) is 48.8 Å².